The van der Waals surface area contributed by atoms with Gasteiger partial charge in [0.2, 0.25) is 5.91 Å². The first-order valence-electron chi connectivity index (χ1n) is 6.84. The van der Waals surface area contributed by atoms with Crippen LogP contribution in [0, 0.1) is 0 Å². The molecule has 1 amide bonds. The fraction of sp³-hybridized carbons (Fsp3) is 0.533. The second-order valence-electron chi connectivity index (χ2n) is 5.23. The number of ether oxygens (including phenoxy) is 1. The van der Waals surface area contributed by atoms with Gasteiger partial charge in [-0.2, -0.15) is 0 Å². The van der Waals surface area contributed by atoms with E-state index in [1.807, 2.05) is 49.9 Å². The standard InChI is InChI=1S/C15H22N2O2/c1-4-17-14(18)9-13(16)15(17)11-6-5-7-12(8-11)19-10(2)3/h5-8,10,13,15H,4,9,16H2,1-3H3. The van der Waals surface area contributed by atoms with Crippen LogP contribution in [0.2, 0.25) is 0 Å². The van der Waals surface area contributed by atoms with Gasteiger partial charge in [0.15, 0.2) is 0 Å². The van der Waals surface area contributed by atoms with Crippen molar-refractivity contribution < 1.29 is 9.53 Å². The SMILES string of the molecule is CCN1C(=O)CC(N)C1c1cccc(OC(C)C)c1. The van der Waals surface area contributed by atoms with Crippen LogP contribution in [0.25, 0.3) is 0 Å². The molecule has 0 saturated carbocycles. The highest BCUT2D eigenvalue weighted by atomic mass is 16.5. The Kier molecular flexibility index (Phi) is 4.10. The van der Waals surface area contributed by atoms with Crippen LogP contribution in [0.1, 0.15) is 38.8 Å². The third kappa shape index (κ3) is 2.89. The van der Waals surface area contributed by atoms with Gasteiger partial charge < -0.3 is 15.4 Å². The maximum atomic E-state index is 11.9. The van der Waals surface area contributed by atoms with Gasteiger partial charge in [-0.25, -0.2) is 0 Å². The zero-order valence-electron chi connectivity index (χ0n) is 11.8. The van der Waals surface area contributed by atoms with Crippen molar-refractivity contribution in [1.29, 1.82) is 0 Å². The first-order chi connectivity index (χ1) is 9.02. The van der Waals surface area contributed by atoms with Crippen molar-refractivity contribution in [2.24, 2.45) is 5.73 Å². The van der Waals surface area contributed by atoms with Crippen molar-refractivity contribution in [3.63, 3.8) is 0 Å². The Morgan fingerprint density at radius 3 is 2.84 bits per heavy atom. The number of hydrogen-bond acceptors (Lipinski definition) is 3. The predicted octanol–water partition coefficient (Wildman–Crippen LogP) is 2.09. The first-order valence-corrected chi connectivity index (χ1v) is 6.84. The maximum absolute atomic E-state index is 11.9. The van der Waals surface area contributed by atoms with E-state index in [4.69, 9.17) is 10.5 Å². The summed E-state index contributed by atoms with van der Waals surface area (Å²) in [7, 11) is 0. The minimum absolute atomic E-state index is 0.0341. The Morgan fingerprint density at radius 1 is 1.47 bits per heavy atom. The summed E-state index contributed by atoms with van der Waals surface area (Å²) in [6.07, 6.45) is 0.560. The summed E-state index contributed by atoms with van der Waals surface area (Å²) in [6, 6.07) is 7.72. The first kappa shape index (κ1) is 13.9. The molecule has 1 saturated heterocycles. The largest absolute Gasteiger partial charge is 0.491 e. The fourth-order valence-electron chi connectivity index (χ4n) is 2.66. The van der Waals surface area contributed by atoms with E-state index in [2.05, 4.69) is 0 Å². The number of nitrogens with two attached hydrogens (primary N) is 1. The van der Waals surface area contributed by atoms with Gasteiger partial charge in [-0.1, -0.05) is 12.1 Å². The van der Waals surface area contributed by atoms with Gasteiger partial charge in [0.1, 0.15) is 5.75 Å². The van der Waals surface area contributed by atoms with Gasteiger partial charge in [-0.3, -0.25) is 4.79 Å². The summed E-state index contributed by atoms with van der Waals surface area (Å²) in [5.74, 6) is 0.963. The van der Waals surface area contributed by atoms with E-state index >= 15 is 0 Å². The molecule has 2 unspecified atom stereocenters. The molecule has 2 rings (SSSR count). The molecular formula is C15H22N2O2. The van der Waals surface area contributed by atoms with Crippen molar-refractivity contribution in [3.8, 4) is 5.75 Å². The molecule has 4 nitrogen and oxygen atoms in total. The summed E-state index contributed by atoms with van der Waals surface area (Å²) >= 11 is 0. The lowest BCUT2D eigenvalue weighted by Crippen LogP contribution is -2.32. The lowest BCUT2D eigenvalue weighted by molar-refractivity contribution is -0.128. The Hall–Kier alpha value is -1.55. The Morgan fingerprint density at radius 2 is 2.21 bits per heavy atom. The van der Waals surface area contributed by atoms with Crippen molar-refractivity contribution in [3.05, 3.63) is 29.8 Å². The van der Waals surface area contributed by atoms with Crippen LogP contribution in [0.15, 0.2) is 24.3 Å². The van der Waals surface area contributed by atoms with Crippen molar-refractivity contribution >= 4 is 5.91 Å². The van der Waals surface area contributed by atoms with E-state index in [1.165, 1.54) is 0 Å². The zero-order valence-corrected chi connectivity index (χ0v) is 11.8. The normalized spacial score (nSPS) is 23.2. The summed E-state index contributed by atoms with van der Waals surface area (Å²) in [6.45, 7) is 6.66. The highest BCUT2D eigenvalue weighted by Crippen LogP contribution is 2.33. The highest BCUT2D eigenvalue weighted by Gasteiger charge is 2.37. The number of likely N-dealkylation sites (tertiary alicyclic amines) is 1. The van der Waals surface area contributed by atoms with E-state index in [-0.39, 0.29) is 24.1 Å². The van der Waals surface area contributed by atoms with Gasteiger partial charge in [-0.05, 0) is 38.5 Å². The number of hydrogen-bond donors (Lipinski definition) is 1. The summed E-state index contributed by atoms with van der Waals surface area (Å²) in [4.78, 5) is 13.7. The number of amides is 1. The Labute approximate surface area is 114 Å². The van der Waals surface area contributed by atoms with E-state index < -0.39 is 0 Å². The molecule has 2 atom stereocenters. The maximum Gasteiger partial charge on any atom is 0.224 e. The summed E-state index contributed by atoms with van der Waals surface area (Å²) < 4.78 is 5.70. The molecular weight excluding hydrogens is 240 g/mol. The second-order valence-corrected chi connectivity index (χ2v) is 5.23. The van der Waals surface area contributed by atoms with Gasteiger partial charge >= 0.3 is 0 Å². The second kappa shape index (κ2) is 5.61. The molecule has 0 radical (unpaired) electrons. The van der Waals surface area contributed by atoms with Crippen LogP contribution in [-0.2, 0) is 4.79 Å². The van der Waals surface area contributed by atoms with E-state index in [0.29, 0.717) is 13.0 Å². The number of likely N-dealkylation sites (N-methyl/N-ethyl adjacent to an activating group) is 1. The highest BCUT2D eigenvalue weighted by molar-refractivity contribution is 5.80. The number of carbonyl (C=O) groups is 1. The number of rotatable bonds is 4. The van der Waals surface area contributed by atoms with Crippen LogP contribution in [0.5, 0.6) is 5.75 Å². The van der Waals surface area contributed by atoms with Gasteiger partial charge in [-0.15, -0.1) is 0 Å². The van der Waals surface area contributed by atoms with Crippen molar-refractivity contribution in [1.82, 2.24) is 4.90 Å². The average Bonchev–Trinajstić information content (AvgIpc) is 2.62. The topological polar surface area (TPSA) is 55.6 Å². The van der Waals surface area contributed by atoms with Crippen LogP contribution in [0.3, 0.4) is 0 Å². The molecule has 19 heavy (non-hydrogen) atoms. The van der Waals surface area contributed by atoms with Gasteiger partial charge in [0.05, 0.1) is 12.1 Å². The van der Waals surface area contributed by atoms with Crippen LogP contribution < -0.4 is 10.5 Å². The molecule has 104 valence electrons. The molecule has 1 aliphatic heterocycles. The monoisotopic (exact) mass is 262 g/mol. The number of carbonyl (C=O) groups excluding carboxylic acids is 1. The molecule has 1 heterocycles. The number of nitrogens with zero attached hydrogens (tertiary/aromatic N) is 1. The van der Waals surface area contributed by atoms with E-state index in [1.54, 1.807) is 0 Å². The molecule has 1 aromatic rings. The average molecular weight is 262 g/mol. The van der Waals surface area contributed by atoms with Crippen molar-refractivity contribution in [2.75, 3.05) is 6.54 Å². The molecule has 0 aliphatic carbocycles. The molecule has 1 aromatic carbocycles. The zero-order chi connectivity index (χ0) is 14.0. The Bertz CT molecular complexity index is 459. The van der Waals surface area contributed by atoms with Gasteiger partial charge in [0, 0.05) is 19.0 Å². The quantitative estimate of drug-likeness (QED) is 0.904. The lowest BCUT2D eigenvalue weighted by atomic mass is 10.0. The summed E-state index contributed by atoms with van der Waals surface area (Å²) in [5.41, 5.74) is 7.17. The van der Waals surface area contributed by atoms with Crippen LogP contribution in [0.4, 0.5) is 0 Å². The fourth-order valence-corrected chi connectivity index (χ4v) is 2.66. The predicted molar refractivity (Wildman–Crippen MR) is 74.9 cm³/mol. The smallest absolute Gasteiger partial charge is 0.224 e. The Balaban J connectivity index is 2.27. The van der Waals surface area contributed by atoms with Gasteiger partial charge in [0.25, 0.3) is 0 Å². The lowest BCUT2D eigenvalue weighted by Gasteiger charge is -2.26. The summed E-state index contributed by atoms with van der Waals surface area (Å²) in [5, 5.41) is 0. The van der Waals surface area contributed by atoms with Crippen LogP contribution in [-0.4, -0.2) is 29.5 Å². The third-order valence-corrected chi connectivity index (χ3v) is 3.38. The number of benzene rings is 1. The van der Waals surface area contributed by atoms with E-state index in [9.17, 15) is 4.79 Å². The molecule has 1 fully saturated rings. The van der Waals surface area contributed by atoms with E-state index in [0.717, 1.165) is 11.3 Å². The molecule has 1 aliphatic rings. The van der Waals surface area contributed by atoms with Crippen LogP contribution >= 0.6 is 0 Å². The molecule has 0 aromatic heterocycles. The molecule has 2 N–H and O–H groups in total. The minimum atomic E-state index is -0.137. The van der Waals surface area contributed by atoms with Crippen molar-refractivity contribution in [2.45, 2.75) is 45.4 Å². The third-order valence-electron chi connectivity index (χ3n) is 3.38. The molecule has 0 bridgehead atoms. The molecule has 0 spiro atoms. The molecule has 4 heteroatoms. The minimum Gasteiger partial charge on any atom is -0.491 e.